The second kappa shape index (κ2) is 10.2. The van der Waals surface area contributed by atoms with Crippen molar-refractivity contribution in [3.8, 4) is 17.2 Å². The normalized spacial score (nSPS) is 29.2. The number of Topliss-reactive ketones (excluding diaryl/α,β-unsaturated/α-hetero) is 1. The Hall–Kier alpha value is -3.35. The average Bonchev–Trinajstić information content (AvgIpc) is 2.92. The molecule has 3 aliphatic rings. The number of benzene rings is 2. The van der Waals surface area contributed by atoms with Gasteiger partial charge in [-0.25, -0.2) is 0 Å². The van der Waals surface area contributed by atoms with Crippen LogP contribution in [0.5, 0.6) is 17.2 Å². The molecule has 0 unspecified atom stereocenters. The molecule has 6 atom stereocenters. The number of hydrogen-bond acceptors (Lipinski definition) is 11. The lowest BCUT2D eigenvalue weighted by molar-refractivity contribution is -0.247. The van der Waals surface area contributed by atoms with E-state index in [1.807, 2.05) is 0 Å². The van der Waals surface area contributed by atoms with Crippen molar-refractivity contribution in [3.05, 3.63) is 51.6 Å². The summed E-state index contributed by atoms with van der Waals surface area (Å²) in [7, 11) is 4.13. The van der Waals surface area contributed by atoms with E-state index in [4.69, 9.17) is 29.4 Å². The van der Waals surface area contributed by atoms with Gasteiger partial charge >= 0.3 is 0 Å². The number of ketones is 3. The Balaban J connectivity index is 1.75. The van der Waals surface area contributed by atoms with Crippen molar-refractivity contribution >= 4 is 17.3 Å². The number of aliphatic hydroxyl groups is 2. The first kappa shape index (κ1) is 28.2. The van der Waals surface area contributed by atoms with Crippen LogP contribution >= 0.6 is 0 Å². The van der Waals surface area contributed by atoms with Gasteiger partial charge in [0.15, 0.2) is 17.9 Å². The molecule has 1 saturated heterocycles. The van der Waals surface area contributed by atoms with Gasteiger partial charge in [-0.3, -0.25) is 14.4 Å². The highest BCUT2D eigenvalue weighted by atomic mass is 16.7. The highest BCUT2D eigenvalue weighted by molar-refractivity contribution is 6.31. The van der Waals surface area contributed by atoms with Crippen LogP contribution in [0.25, 0.3) is 0 Å². The fourth-order valence-corrected chi connectivity index (χ4v) is 6.06. The van der Waals surface area contributed by atoms with Gasteiger partial charge < -0.3 is 39.6 Å². The number of nitrogens with two attached hydrogens (primary N) is 1. The number of carbonyl (C=O) groups is 3. The summed E-state index contributed by atoms with van der Waals surface area (Å²) in [6, 6.07) is 4.10. The number of rotatable bonds is 6. The monoisotopic (exact) mass is 555 g/mol. The highest BCUT2D eigenvalue weighted by Crippen LogP contribution is 2.53. The van der Waals surface area contributed by atoms with E-state index >= 15 is 0 Å². The molecule has 0 aromatic heterocycles. The van der Waals surface area contributed by atoms with Gasteiger partial charge in [0.05, 0.1) is 56.3 Å². The predicted octanol–water partition coefficient (Wildman–Crippen LogP) is 1.63. The predicted molar refractivity (Wildman–Crippen MR) is 140 cm³/mol. The minimum absolute atomic E-state index is 0.0213. The number of methoxy groups -OCH3 is 3. The van der Waals surface area contributed by atoms with Crippen molar-refractivity contribution in [2.45, 2.75) is 69.4 Å². The van der Waals surface area contributed by atoms with E-state index in [9.17, 15) is 24.6 Å². The molecule has 2 aromatic carbocycles. The third-order valence-electron chi connectivity index (χ3n) is 8.16. The minimum Gasteiger partial charge on any atom is -0.496 e. The van der Waals surface area contributed by atoms with Crippen molar-refractivity contribution in [1.29, 1.82) is 0 Å². The first-order valence-electron chi connectivity index (χ1n) is 13.0. The van der Waals surface area contributed by atoms with Crippen LogP contribution in [0.2, 0.25) is 0 Å². The van der Waals surface area contributed by atoms with E-state index in [2.05, 4.69) is 0 Å². The lowest BCUT2D eigenvalue weighted by Crippen LogP contribution is -2.52. The van der Waals surface area contributed by atoms with E-state index in [1.54, 1.807) is 19.1 Å². The van der Waals surface area contributed by atoms with Gasteiger partial charge in [-0.15, -0.1) is 0 Å². The highest BCUT2D eigenvalue weighted by Gasteiger charge is 2.50. The fourth-order valence-electron chi connectivity index (χ4n) is 6.06. The molecule has 0 amide bonds. The van der Waals surface area contributed by atoms with Crippen molar-refractivity contribution in [3.63, 3.8) is 0 Å². The van der Waals surface area contributed by atoms with Gasteiger partial charge in [0.1, 0.15) is 22.8 Å². The summed E-state index contributed by atoms with van der Waals surface area (Å²) in [4.78, 5) is 40.6. The van der Waals surface area contributed by atoms with Crippen molar-refractivity contribution in [1.82, 2.24) is 0 Å². The Morgan fingerprint density at radius 3 is 2.33 bits per heavy atom. The van der Waals surface area contributed by atoms with Crippen LogP contribution in [-0.2, 0) is 20.7 Å². The first-order valence-corrected chi connectivity index (χ1v) is 13.0. The summed E-state index contributed by atoms with van der Waals surface area (Å²) in [5.41, 5.74) is 5.10. The summed E-state index contributed by atoms with van der Waals surface area (Å²) < 4.78 is 29.1. The number of aliphatic hydroxyl groups excluding tert-OH is 1. The second-order valence-corrected chi connectivity index (χ2v) is 10.5. The lowest BCUT2D eigenvalue weighted by atomic mass is 9.72. The zero-order chi connectivity index (χ0) is 29.1. The van der Waals surface area contributed by atoms with Gasteiger partial charge in [-0.2, -0.15) is 0 Å². The number of hydrogen-bond donors (Lipinski definition) is 3. The van der Waals surface area contributed by atoms with E-state index in [0.717, 1.165) is 0 Å². The van der Waals surface area contributed by atoms with Crippen molar-refractivity contribution in [2.24, 2.45) is 5.73 Å². The maximum absolute atomic E-state index is 14.0. The van der Waals surface area contributed by atoms with Gasteiger partial charge in [0, 0.05) is 42.0 Å². The summed E-state index contributed by atoms with van der Waals surface area (Å²) in [6.45, 7) is 2.93. The molecule has 4 N–H and O–H groups in total. The molecule has 11 nitrogen and oxygen atoms in total. The van der Waals surface area contributed by atoms with Crippen LogP contribution in [0.1, 0.15) is 75.8 Å². The van der Waals surface area contributed by atoms with Gasteiger partial charge in [0.25, 0.3) is 0 Å². The van der Waals surface area contributed by atoms with E-state index < -0.39 is 53.6 Å². The van der Waals surface area contributed by atoms with Gasteiger partial charge in [-0.05, 0) is 19.9 Å². The number of fused-ring (bicyclic) bond motifs is 3. The Kier molecular flexibility index (Phi) is 7.22. The molecule has 40 heavy (non-hydrogen) atoms. The summed E-state index contributed by atoms with van der Waals surface area (Å²) in [6.07, 6.45) is -3.68. The molecule has 1 heterocycles. The van der Waals surface area contributed by atoms with Crippen molar-refractivity contribution in [2.75, 3.05) is 21.3 Å². The van der Waals surface area contributed by atoms with Crippen molar-refractivity contribution < 1.29 is 48.3 Å². The lowest BCUT2D eigenvalue weighted by Gasteiger charge is -2.42. The van der Waals surface area contributed by atoms with Crippen LogP contribution < -0.4 is 19.9 Å². The molecule has 11 heteroatoms. The quantitative estimate of drug-likeness (QED) is 0.405. The molecular weight excluding hydrogens is 522 g/mol. The number of carbonyl (C=O) groups excluding carboxylic acids is 3. The molecule has 0 saturated carbocycles. The Labute approximate surface area is 231 Å². The molecule has 1 fully saturated rings. The maximum Gasteiger partial charge on any atom is 0.202 e. The van der Waals surface area contributed by atoms with Crippen LogP contribution in [0, 0.1) is 0 Å². The van der Waals surface area contributed by atoms with Crippen LogP contribution in [0.15, 0.2) is 18.2 Å². The average molecular weight is 556 g/mol. The smallest absolute Gasteiger partial charge is 0.202 e. The fraction of sp³-hybridized carbons (Fsp3) is 0.483. The molecule has 2 aliphatic carbocycles. The summed E-state index contributed by atoms with van der Waals surface area (Å²) in [5, 5.41) is 21.7. The molecule has 5 rings (SSSR count). The zero-order valence-electron chi connectivity index (χ0n) is 23.0. The second-order valence-electron chi connectivity index (χ2n) is 10.5. The van der Waals surface area contributed by atoms with Gasteiger partial charge in [0.2, 0.25) is 5.78 Å². The molecular formula is C29H33NO10. The molecule has 0 radical (unpaired) electrons. The molecule has 1 aliphatic heterocycles. The standard InChI is InChI=1S/C29H33NO10/c1-12-24(32)16(30)9-19(39-12)40-18-11-29(35,13(2)31)10-15-21(18)28(38-5)23-22(27(15)37-4)25(33)14-7-6-8-17(36-3)20(14)26(23)34/h6-8,12,16,18-19,24,32,35H,9-11,30H2,1-5H3/t12-,16-,18-,19-,24+,29-/m0/s1. The Morgan fingerprint density at radius 2 is 1.73 bits per heavy atom. The SMILES string of the molecule is COc1cccc2c1C(=O)c1c(OC)c3c(c(OC)c1C2=O)C[C@@](O)(C(C)=O)C[C@@H]3O[C@H]1C[C@H](N)[C@H](O)[C@H](C)O1. The van der Waals surface area contributed by atoms with E-state index in [0.29, 0.717) is 11.1 Å². The molecule has 0 bridgehead atoms. The zero-order valence-corrected chi connectivity index (χ0v) is 23.0. The first-order chi connectivity index (χ1) is 19.0. The Bertz CT molecular complexity index is 1390. The molecule has 0 spiro atoms. The minimum atomic E-state index is -1.87. The largest absolute Gasteiger partial charge is 0.496 e. The number of ether oxygens (including phenoxy) is 5. The summed E-state index contributed by atoms with van der Waals surface area (Å²) in [5.74, 6) is -1.14. The van der Waals surface area contributed by atoms with E-state index in [-0.39, 0.29) is 58.8 Å². The summed E-state index contributed by atoms with van der Waals surface area (Å²) >= 11 is 0. The third kappa shape index (κ3) is 4.20. The van der Waals surface area contributed by atoms with Crippen LogP contribution in [0.4, 0.5) is 0 Å². The topological polar surface area (TPSA) is 164 Å². The third-order valence-corrected chi connectivity index (χ3v) is 8.16. The van der Waals surface area contributed by atoms with Crippen LogP contribution in [-0.4, -0.2) is 79.0 Å². The molecule has 2 aromatic rings. The molecule has 214 valence electrons. The van der Waals surface area contributed by atoms with Gasteiger partial charge in [-0.1, -0.05) is 12.1 Å². The maximum atomic E-state index is 14.0. The van der Waals surface area contributed by atoms with Crippen LogP contribution in [0.3, 0.4) is 0 Å². The Morgan fingerprint density at radius 1 is 1.05 bits per heavy atom. The van der Waals surface area contributed by atoms with E-state index in [1.165, 1.54) is 34.3 Å².